The van der Waals surface area contributed by atoms with Gasteiger partial charge < -0.3 is 10.1 Å². The highest BCUT2D eigenvalue weighted by atomic mass is 35.5. The Hall–Kier alpha value is -0.200. The summed E-state index contributed by atoms with van der Waals surface area (Å²) < 4.78 is 27.1. The Bertz CT molecular complexity index is 360. The van der Waals surface area contributed by atoms with Crippen molar-refractivity contribution in [2.45, 2.75) is 11.8 Å². The summed E-state index contributed by atoms with van der Waals surface area (Å²) >= 11 is 11.1. The number of halogens is 2. The highest BCUT2D eigenvalue weighted by Crippen LogP contribution is 2.17. The molecule has 5 nitrogen and oxygen atoms in total. The van der Waals surface area contributed by atoms with E-state index in [1.54, 1.807) is 0 Å². The van der Waals surface area contributed by atoms with Gasteiger partial charge in [-0.3, -0.25) is 0 Å². The van der Waals surface area contributed by atoms with Crippen LogP contribution in [0.15, 0.2) is 0 Å². The van der Waals surface area contributed by atoms with Crippen LogP contribution in [-0.4, -0.2) is 50.4 Å². The Morgan fingerprint density at radius 3 is 2.76 bits per heavy atom. The molecule has 1 aliphatic rings. The molecule has 0 aromatic heterocycles. The fraction of sp³-hybridized carbons (Fsp3) is 0.889. The molecule has 0 bridgehead atoms. The maximum absolute atomic E-state index is 11.2. The molecule has 17 heavy (non-hydrogen) atoms. The van der Waals surface area contributed by atoms with Crippen molar-refractivity contribution in [1.82, 2.24) is 5.32 Å². The van der Waals surface area contributed by atoms with Crippen LogP contribution in [0, 0.1) is 5.92 Å². The molecule has 0 radical (unpaired) electrons. The van der Waals surface area contributed by atoms with Gasteiger partial charge in [-0.05, 0) is 12.3 Å². The monoisotopic (exact) mass is 303 g/mol. The molecular formula is C9H15Cl2NO4S. The maximum atomic E-state index is 11.2. The van der Waals surface area contributed by atoms with Crippen LogP contribution in [0.5, 0.6) is 0 Å². The molecule has 0 aromatic carbocycles. The molecule has 1 N–H and O–H groups in total. The second-order valence-electron chi connectivity index (χ2n) is 4.00. The number of carbonyl (C=O) groups excluding carboxylic acids is 1. The number of hydrogen-bond donors (Lipinski definition) is 1. The van der Waals surface area contributed by atoms with E-state index in [0.717, 1.165) is 0 Å². The molecule has 1 rings (SSSR count). The van der Waals surface area contributed by atoms with Gasteiger partial charge in [0.05, 0.1) is 16.9 Å². The minimum Gasteiger partial charge on any atom is -0.448 e. The van der Waals surface area contributed by atoms with Crippen molar-refractivity contribution in [2.24, 2.45) is 5.92 Å². The van der Waals surface area contributed by atoms with Gasteiger partial charge in [0.1, 0.15) is 6.61 Å². The number of nitrogens with one attached hydrogen (secondary N) is 1. The lowest BCUT2D eigenvalue weighted by Gasteiger charge is -2.11. The number of ether oxygens (including phenoxy) is 1. The molecule has 1 saturated heterocycles. The quantitative estimate of drug-likeness (QED) is 0.769. The molecule has 0 aliphatic carbocycles. The van der Waals surface area contributed by atoms with Gasteiger partial charge in [0.2, 0.25) is 0 Å². The Morgan fingerprint density at radius 1 is 1.53 bits per heavy atom. The van der Waals surface area contributed by atoms with Crippen LogP contribution < -0.4 is 5.32 Å². The van der Waals surface area contributed by atoms with Gasteiger partial charge in [0.15, 0.2) is 9.84 Å². The van der Waals surface area contributed by atoms with Crippen LogP contribution in [0.3, 0.4) is 0 Å². The highest BCUT2D eigenvalue weighted by Gasteiger charge is 2.28. The van der Waals surface area contributed by atoms with Gasteiger partial charge in [0, 0.05) is 12.4 Å². The van der Waals surface area contributed by atoms with E-state index in [4.69, 9.17) is 27.9 Å². The molecule has 0 saturated carbocycles. The largest absolute Gasteiger partial charge is 0.448 e. The fourth-order valence-electron chi connectivity index (χ4n) is 1.52. The Kier molecular flexibility index (Phi) is 5.82. The van der Waals surface area contributed by atoms with Crippen molar-refractivity contribution in [2.75, 3.05) is 30.5 Å². The summed E-state index contributed by atoms with van der Waals surface area (Å²) in [7, 11) is -2.90. The molecule has 1 heterocycles. The van der Waals surface area contributed by atoms with Gasteiger partial charge in [-0.15, -0.1) is 23.2 Å². The average molecular weight is 304 g/mol. The zero-order valence-electron chi connectivity index (χ0n) is 9.19. The SMILES string of the molecule is O=C(NCC1CCS(=O)(=O)C1)OCC(Cl)CCl. The number of amides is 1. The molecular weight excluding hydrogens is 289 g/mol. The maximum Gasteiger partial charge on any atom is 0.407 e. The van der Waals surface area contributed by atoms with Crippen LogP contribution in [0.25, 0.3) is 0 Å². The van der Waals surface area contributed by atoms with Gasteiger partial charge >= 0.3 is 6.09 Å². The highest BCUT2D eigenvalue weighted by molar-refractivity contribution is 7.91. The van der Waals surface area contributed by atoms with E-state index >= 15 is 0 Å². The second kappa shape index (κ2) is 6.66. The average Bonchev–Trinajstić information content (AvgIpc) is 2.63. The zero-order chi connectivity index (χ0) is 12.9. The van der Waals surface area contributed by atoms with E-state index < -0.39 is 21.3 Å². The van der Waals surface area contributed by atoms with E-state index in [1.165, 1.54) is 0 Å². The van der Waals surface area contributed by atoms with Crippen LogP contribution in [0.1, 0.15) is 6.42 Å². The lowest BCUT2D eigenvalue weighted by atomic mass is 10.1. The fourth-order valence-corrected chi connectivity index (χ4v) is 3.54. The van der Waals surface area contributed by atoms with Crippen molar-refractivity contribution in [1.29, 1.82) is 0 Å². The smallest absolute Gasteiger partial charge is 0.407 e. The molecule has 100 valence electrons. The molecule has 0 aromatic rings. The van der Waals surface area contributed by atoms with E-state index in [-0.39, 0.29) is 29.9 Å². The summed E-state index contributed by atoms with van der Waals surface area (Å²) in [5.74, 6) is 0.514. The van der Waals surface area contributed by atoms with E-state index in [2.05, 4.69) is 5.32 Å². The van der Waals surface area contributed by atoms with Crippen LogP contribution in [0.4, 0.5) is 4.79 Å². The summed E-state index contributed by atoms with van der Waals surface area (Å²) in [6.07, 6.45) is -0.00679. The van der Waals surface area contributed by atoms with Crippen molar-refractivity contribution in [3.63, 3.8) is 0 Å². The van der Waals surface area contributed by atoms with Gasteiger partial charge in [0.25, 0.3) is 0 Å². The van der Waals surface area contributed by atoms with E-state index in [0.29, 0.717) is 13.0 Å². The second-order valence-corrected chi connectivity index (χ2v) is 7.15. The zero-order valence-corrected chi connectivity index (χ0v) is 11.5. The summed E-state index contributed by atoms with van der Waals surface area (Å²) in [6.45, 7) is 0.353. The predicted octanol–water partition coefficient (Wildman–Crippen LogP) is 0.994. The van der Waals surface area contributed by atoms with Gasteiger partial charge in [-0.2, -0.15) is 0 Å². The van der Waals surface area contributed by atoms with Gasteiger partial charge in [-0.1, -0.05) is 0 Å². The normalized spacial score (nSPS) is 24.2. The van der Waals surface area contributed by atoms with Gasteiger partial charge in [-0.25, -0.2) is 13.2 Å². The minimum atomic E-state index is -2.90. The topological polar surface area (TPSA) is 72.5 Å². The third kappa shape index (κ3) is 5.79. The van der Waals surface area contributed by atoms with Crippen molar-refractivity contribution < 1.29 is 17.9 Å². The van der Waals surface area contributed by atoms with Crippen molar-refractivity contribution in [3.8, 4) is 0 Å². The van der Waals surface area contributed by atoms with Crippen molar-refractivity contribution >= 4 is 39.1 Å². The number of alkyl carbamates (subject to hydrolysis) is 1. The summed E-state index contributed by atoms with van der Waals surface area (Å²) in [5, 5.41) is 2.11. The first-order chi connectivity index (χ1) is 7.93. The lowest BCUT2D eigenvalue weighted by Crippen LogP contribution is -2.31. The van der Waals surface area contributed by atoms with E-state index in [1.807, 2.05) is 0 Å². The molecule has 1 fully saturated rings. The van der Waals surface area contributed by atoms with E-state index in [9.17, 15) is 13.2 Å². The number of sulfone groups is 1. The number of carbonyl (C=O) groups is 1. The third-order valence-electron chi connectivity index (χ3n) is 2.42. The molecule has 2 unspecified atom stereocenters. The third-order valence-corrected chi connectivity index (χ3v) is 5.07. The molecule has 8 heteroatoms. The van der Waals surface area contributed by atoms with Crippen LogP contribution in [0.2, 0.25) is 0 Å². The minimum absolute atomic E-state index is 0.0209. The lowest BCUT2D eigenvalue weighted by molar-refractivity contribution is 0.146. The number of hydrogen-bond acceptors (Lipinski definition) is 4. The molecule has 2 atom stereocenters. The Labute approximate surface area is 111 Å². The Morgan fingerprint density at radius 2 is 2.24 bits per heavy atom. The van der Waals surface area contributed by atoms with Crippen LogP contribution in [-0.2, 0) is 14.6 Å². The van der Waals surface area contributed by atoms with Crippen molar-refractivity contribution in [3.05, 3.63) is 0 Å². The number of rotatable bonds is 5. The first-order valence-corrected chi connectivity index (χ1v) is 8.03. The van der Waals surface area contributed by atoms with Crippen LogP contribution >= 0.6 is 23.2 Å². The Balaban J connectivity index is 2.16. The molecule has 1 aliphatic heterocycles. The summed E-state index contributed by atoms with van der Waals surface area (Å²) in [4.78, 5) is 11.2. The first kappa shape index (κ1) is 14.9. The summed E-state index contributed by atoms with van der Waals surface area (Å²) in [6, 6.07) is 0. The molecule has 1 amide bonds. The standard InChI is InChI=1S/C9H15Cl2NO4S/c10-3-8(11)5-16-9(13)12-4-7-1-2-17(14,15)6-7/h7-8H,1-6H2,(H,12,13). The molecule has 0 spiro atoms. The number of alkyl halides is 2. The predicted molar refractivity (Wildman–Crippen MR) is 66.5 cm³/mol. The summed E-state index contributed by atoms with van der Waals surface area (Å²) in [5.41, 5.74) is 0. The first-order valence-electron chi connectivity index (χ1n) is 5.24.